The summed E-state index contributed by atoms with van der Waals surface area (Å²) in [6.07, 6.45) is 5.39. The number of ether oxygens (including phenoxy) is 1. The first kappa shape index (κ1) is 18.0. The van der Waals surface area contributed by atoms with Gasteiger partial charge in [0.05, 0.1) is 12.2 Å². The first-order chi connectivity index (χ1) is 11.1. The molecule has 0 heterocycles. The molecule has 0 aliphatic heterocycles. The molecule has 0 aromatic heterocycles. The monoisotopic (exact) mass is 317 g/mol. The number of nitrogens with one attached hydrogen (secondary N) is 1. The van der Waals surface area contributed by atoms with Gasteiger partial charge < -0.3 is 10.1 Å². The maximum Gasteiger partial charge on any atom is 0.169 e. The highest BCUT2D eigenvalue weighted by molar-refractivity contribution is 6.00. The van der Waals surface area contributed by atoms with Crippen LogP contribution in [0.4, 0.5) is 0 Å². The summed E-state index contributed by atoms with van der Waals surface area (Å²) < 4.78 is 5.63. The van der Waals surface area contributed by atoms with Crippen molar-refractivity contribution < 1.29 is 9.53 Å². The van der Waals surface area contributed by atoms with Crippen molar-refractivity contribution >= 4 is 5.78 Å². The van der Waals surface area contributed by atoms with E-state index in [0.29, 0.717) is 18.6 Å². The molecule has 0 radical (unpaired) electrons. The summed E-state index contributed by atoms with van der Waals surface area (Å²) in [5, 5.41) is 3.66. The lowest BCUT2D eigenvalue weighted by molar-refractivity contribution is 0.0903. The second-order valence-electron chi connectivity index (χ2n) is 7.00. The Morgan fingerprint density at radius 2 is 2.00 bits per heavy atom. The van der Waals surface area contributed by atoms with E-state index < -0.39 is 0 Å². The van der Waals surface area contributed by atoms with Crippen LogP contribution in [0.15, 0.2) is 24.3 Å². The van der Waals surface area contributed by atoms with Crippen LogP contribution in [0, 0.1) is 11.8 Å². The summed E-state index contributed by atoms with van der Waals surface area (Å²) in [5.74, 6) is 1.81. The molecular weight excluding hydrogens is 286 g/mol. The average molecular weight is 317 g/mol. The number of ketones is 1. The van der Waals surface area contributed by atoms with E-state index in [-0.39, 0.29) is 11.7 Å². The zero-order chi connectivity index (χ0) is 16.7. The Hall–Kier alpha value is -1.35. The highest BCUT2D eigenvalue weighted by atomic mass is 16.5. The molecule has 3 nitrogen and oxygen atoms in total. The molecule has 1 aliphatic carbocycles. The van der Waals surface area contributed by atoms with Gasteiger partial charge in [-0.15, -0.1) is 0 Å². The van der Waals surface area contributed by atoms with Gasteiger partial charge in [0, 0.05) is 12.0 Å². The van der Waals surface area contributed by atoms with Crippen molar-refractivity contribution in [1.29, 1.82) is 0 Å². The Balaban J connectivity index is 1.98. The number of hydrogen-bond donors (Lipinski definition) is 1. The normalized spacial score (nSPS) is 21.9. The highest BCUT2D eigenvalue weighted by Crippen LogP contribution is 2.29. The molecule has 1 saturated carbocycles. The molecule has 0 amide bonds. The molecule has 128 valence electrons. The highest BCUT2D eigenvalue weighted by Gasteiger charge is 2.26. The second kappa shape index (κ2) is 9.07. The van der Waals surface area contributed by atoms with Gasteiger partial charge in [-0.2, -0.15) is 0 Å². The standard InChI is InChI=1S/C20H31NO2/c1-4-23-19-11-6-5-10-18(19)20(22)16-8-7-9-17(13-12-16)21-14-15(2)3/h5-6,10-11,15-17,21H,4,7-9,12-14H2,1-3H3. The van der Waals surface area contributed by atoms with Gasteiger partial charge in [0.1, 0.15) is 5.75 Å². The van der Waals surface area contributed by atoms with Gasteiger partial charge in [-0.1, -0.05) is 32.4 Å². The Morgan fingerprint density at radius 1 is 1.22 bits per heavy atom. The van der Waals surface area contributed by atoms with Crippen LogP contribution in [0.3, 0.4) is 0 Å². The van der Waals surface area contributed by atoms with E-state index >= 15 is 0 Å². The minimum absolute atomic E-state index is 0.141. The third-order valence-corrected chi connectivity index (χ3v) is 4.61. The number of rotatable bonds is 7. The molecule has 1 aliphatic rings. The molecular formula is C20H31NO2. The number of hydrogen-bond acceptors (Lipinski definition) is 3. The molecule has 1 aromatic rings. The number of Topliss-reactive ketones (excluding diaryl/α,β-unsaturated/α-hetero) is 1. The van der Waals surface area contributed by atoms with Gasteiger partial charge in [0.2, 0.25) is 0 Å². The lowest BCUT2D eigenvalue weighted by atomic mass is 9.90. The molecule has 3 heteroatoms. The first-order valence-electron chi connectivity index (χ1n) is 9.11. The molecule has 0 saturated heterocycles. The lowest BCUT2D eigenvalue weighted by Gasteiger charge is -2.18. The van der Waals surface area contributed by atoms with Crippen LogP contribution in [0.5, 0.6) is 5.75 Å². The van der Waals surface area contributed by atoms with Gasteiger partial charge >= 0.3 is 0 Å². The van der Waals surface area contributed by atoms with Crippen LogP contribution in [-0.2, 0) is 0 Å². The second-order valence-corrected chi connectivity index (χ2v) is 7.00. The van der Waals surface area contributed by atoms with Crippen molar-refractivity contribution in [2.24, 2.45) is 11.8 Å². The fraction of sp³-hybridized carbons (Fsp3) is 0.650. The maximum atomic E-state index is 12.9. The summed E-state index contributed by atoms with van der Waals surface area (Å²) in [6, 6.07) is 8.24. The zero-order valence-electron chi connectivity index (χ0n) is 14.8. The molecule has 23 heavy (non-hydrogen) atoms. The van der Waals surface area contributed by atoms with Crippen LogP contribution in [0.2, 0.25) is 0 Å². The van der Waals surface area contributed by atoms with E-state index in [1.165, 1.54) is 6.42 Å². The SMILES string of the molecule is CCOc1ccccc1C(=O)C1CCCC(NCC(C)C)CC1. The number of benzene rings is 1. The van der Waals surface area contributed by atoms with E-state index in [2.05, 4.69) is 19.2 Å². The largest absolute Gasteiger partial charge is 0.493 e. The van der Waals surface area contributed by atoms with Crippen molar-refractivity contribution in [3.8, 4) is 5.75 Å². The van der Waals surface area contributed by atoms with Crippen molar-refractivity contribution in [3.63, 3.8) is 0 Å². The van der Waals surface area contributed by atoms with Gasteiger partial charge in [-0.25, -0.2) is 0 Å². The maximum absolute atomic E-state index is 12.9. The number of carbonyl (C=O) groups is 1. The fourth-order valence-electron chi connectivity index (χ4n) is 3.34. The zero-order valence-corrected chi connectivity index (χ0v) is 14.8. The van der Waals surface area contributed by atoms with E-state index in [4.69, 9.17) is 4.74 Å². The predicted molar refractivity (Wildman–Crippen MR) is 95.1 cm³/mol. The van der Waals surface area contributed by atoms with Crippen LogP contribution in [0.25, 0.3) is 0 Å². The van der Waals surface area contributed by atoms with E-state index in [1.807, 2.05) is 31.2 Å². The number of para-hydroxylation sites is 1. The van der Waals surface area contributed by atoms with Gasteiger partial charge in [-0.05, 0) is 57.2 Å². The van der Waals surface area contributed by atoms with E-state index in [9.17, 15) is 4.79 Å². The van der Waals surface area contributed by atoms with Crippen LogP contribution in [-0.4, -0.2) is 25.0 Å². The lowest BCUT2D eigenvalue weighted by Crippen LogP contribution is -2.31. The van der Waals surface area contributed by atoms with Crippen molar-refractivity contribution in [2.45, 2.75) is 58.9 Å². The Bertz CT molecular complexity index is 498. The Kier molecular flexibility index (Phi) is 7.10. The topological polar surface area (TPSA) is 38.3 Å². The molecule has 2 unspecified atom stereocenters. The van der Waals surface area contributed by atoms with Crippen molar-refractivity contribution in [2.75, 3.05) is 13.2 Å². The van der Waals surface area contributed by atoms with Crippen LogP contribution >= 0.6 is 0 Å². The van der Waals surface area contributed by atoms with Gasteiger partial charge in [0.25, 0.3) is 0 Å². The molecule has 1 N–H and O–H groups in total. The van der Waals surface area contributed by atoms with Gasteiger partial charge in [0.15, 0.2) is 5.78 Å². The molecule has 2 atom stereocenters. The number of carbonyl (C=O) groups excluding carboxylic acids is 1. The fourth-order valence-corrected chi connectivity index (χ4v) is 3.34. The summed E-state index contributed by atoms with van der Waals surface area (Å²) in [6.45, 7) is 8.09. The summed E-state index contributed by atoms with van der Waals surface area (Å²) in [5.41, 5.74) is 0.757. The molecule has 2 rings (SSSR count). The van der Waals surface area contributed by atoms with Crippen LogP contribution in [0.1, 0.15) is 63.2 Å². The summed E-state index contributed by atoms with van der Waals surface area (Å²) in [7, 11) is 0. The minimum atomic E-state index is 0.141. The third kappa shape index (κ3) is 5.35. The molecule has 1 fully saturated rings. The Morgan fingerprint density at radius 3 is 2.74 bits per heavy atom. The minimum Gasteiger partial charge on any atom is -0.493 e. The summed E-state index contributed by atoms with van der Waals surface area (Å²) >= 11 is 0. The quantitative estimate of drug-likeness (QED) is 0.596. The van der Waals surface area contributed by atoms with Crippen molar-refractivity contribution in [1.82, 2.24) is 5.32 Å². The average Bonchev–Trinajstić information content (AvgIpc) is 2.79. The smallest absolute Gasteiger partial charge is 0.169 e. The third-order valence-electron chi connectivity index (χ3n) is 4.61. The first-order valence-corrected chi connectivity index (χ1v) is 9.11. The van der Waals surface area contributed by atoms with Gasteiger partial charge in [-0.3, -0.25) is 4.79 Å². The molecule has 0 spiro atoms. The summed E-state index contributed by atoms with van der Waals surface area (Å²) in [4.78, 5) is 12.9. The van der Waals surface area contributed by atoms with E-state index in [1.54, 1.807) is 0 Å². The molecule has 0 bridgehead atoms. The Labute approximate surface area is 140 Å². The van der Waals surface area contributed by atoms with Crippen LogP contribution < -0.4 is 10.1 Å². The van der Waals surface area contributed by atoms with E-state index in [0.717, 1.165) is 43.5 Å². The predicted octanol–water partition coefficient (Wildman–Crippen LogP) is 4.46. The van der Waals surface area contributed by atoms with Crippen molar-refractivity contribution in [3.05, 3.63) is 29.8 Å². The molecule has 1 aromatic carbocycles.